The molecule has 3 heterocycles. The van der Waals surface area contributed by atoms with Gasteiger partial charge < -0.3 is 5.32 Å². The highest BCUT2D eigenvalue weighted by atomic mass is 32.2. The van der Waals surface area contributed by atoms with E-state index >= 15 is 0 Å². The summed E-state index contributed by atoms with van der Waals surface area (Å²) in [6.45, 7) is 2.85. The lowest BCUT2D eigenvalue weighted by Crippen LogP contribution is -2.34. The number of anilines is 1. The summed E-state index contributed by atoms with van der Waals surface area (Å²) in [4.78, 5) is 16.4. The molecular formula is C18H19N6OS+. The van der Waals surface area contributed by atoms with Crippen molar-refractivity contribution in [2.75, 3.05) is 11.1 Å². The molecule has 4 rings (SSSR count). The first kappa shape index (κ1) is 16.6. The quantitative estimate of drug-likeness (QED) is 0.434. The Bertz CT molecular complexity index is 1090. The van der Waals surface area contributed by atoms with Gasteiger partial charge >= 0.3 is 5.16 Å². The fourth-order valence-electron chi connectivity index (χ4n) is 3.02. The highest BCUT2D eigenvalue weighted by Crippen LogP contribution is 2.21. The average molecular weight is 367 g/mol. The van der Waals surface area contributed by atoms with Crippen LogP contribution in [0.15, 0.2) is 53.9 Å². The van der Waals surface area contributed by atoms with Crippen LogP contribution in [0.3, 0.4) is 0 Å². The molecule has 7 nitrogen and oxygen atoms in total. The van der Waals surface area contributed by atoms with Crippen LogP contribution in [0.1, 0.15) is 6.92 Å². The second kappa shape index (κ2) is 6.80. The molecule has 0 unspecified atom stereocenters. The predicted molar refractivity (Wildman–Crippen MR) is 101 cm³/mol. The summed E-state index contributed by atoms with van der Waals surface area (Å²) in [6.07, 6.45) is 3.62. The summed E-state index contributed by atoms with van der Waals surface area (Å²) in [5.41, 5.74) is 2.84. The molecule has 0 bridgehead atoms. The number of aryl methyl sites for hydroxylation is 2. The summed E-state index contributed by atoms with van der Waals surface area (Å²) in [7, 11) is 1.96. The number of para-hydroxylation sites is 1. The molecule has 1 aromatic carbocycles. The summed E-state index contributed by atoms with van der Waals surface area (Å²) in [5, 5.41) is 9.51. The van der Waals surface area contributed by atoms with Crippen LogP contribution in [0.4, 0.5) is 5.69 Å². The first-order chi connectivity index (χ1) is 12.7. The lowest BCUT2D eigenvalue weighted by atomic mass is 10.3. The van der Waals surface area contributed by atoms with Gasteiger partial charge in [-0.25, -0.2) is 9.25 Å². The van der Waals surface area contributed by atoms with Gasteiger partial charge in [0.2, 0.25) is 5.91 Å². The van der Waals surface area contributed by atoms with Crippen LogP contribution in [-0.4, -0.2) is 31.1 Å². The molecule has 0 aliphatic heterocycles. The minimum atomic E-state index is -0.0463. The minimum Gasteiger partial charge on any atom is -0.325 e. The van der Waals surface area contributed by atoms with Crippen LogP contribution in [0.5, 0.6) is 0 Å². The van der Waals surface area contributed by atoms with E-state index in [1.165, 1.54) is 11.8 Å². The van der Waals surface area contributed by atoms with Gasteiger partial charge in [-0.2, -0.15) is 0 Å². The Balaban J connectivity index is 1.61. The van der Waals surface area contributed by atoms with E-state index in [9.17, 15) is 4.79 Å². The molecule has 4 aromatic rings. The number of aromatic nitrogens is 5. The average Bonchev–Trinajstić information content (AvgIpc) is 3.16. The maximum atomic E-state index is 12.2. The van der Waals surface area contributed by atoms with E-state index in [2.05, 4.69) is 21.8 Å². The molecule has 0 aliphatic carbocycles. The molecule has 132 valence electrons. The van der Waals surface area contributed by atoms with Crippen molar-refractivity contribution in [1.29, 1.82) is 0 Å². The number of fused-ring (bicyclic) bond motifs is 3. The Morgan fingerprint density at radius 3 is 2.85 bits per heavy atom. The number of nitrogens with one attached hydrogen (secondary N) is 1. The number of hydrogen-bond donors (Lipinski definition) is 1. The fraction of sp³-hybridized carbons (Fsp3) is 0.222. The lowest BCUT2D eigenvalue weighted by Gasteiger charge is -2.03. The molecule has 1 N–H and O–H groups in total. The Kier molecular flexibility index (Phi) is 4.34. The fourth-order valence-corrected chi connectivity index (χ4v) is 3.86. The zero-order chi connectivity index (χ0) is 18.1. The smallest absolute Gasteiger partial charge is 0.325 e. The van der Waals surface area contributed by atoms with Crippen molar-refractivity contribution < 1.29 is 9.36 Å². The van der Waals surface area contributed by atoms with Gasteiger partial charge in [0.1, 0.15) is 5.52 Å². The van der Waals surface area contributed by atoms with Crippen LogP contribution in [0.2, 0.25) is 0 Å². The van der Waals surface area contributed by atoms with Crippen molar-refractivity contribution >= 4 is 39.9 Å². The third kappa shape index (κ3) is 2.82. The lowest BCUT2D eigenvalue weighted by molar-refractivity contribution is -0.705. The van der Waals surface area contributed by atoms with Crippen LogP contribution in [-0.2, 0) is 18.4 Å². The van der Waals surface area contributed by atoms with Crippen molar-refractivity contribution in [2.24, 2.45) is 7.05 Å². The molecule has 0 atom stereocenters. The first-order valence-electron chi connectivity index (χ1n) is 8.38. The molecule has 0 saturated heterocycles. The molecule has 0 aliphatic rings. The second-order valence-electron chi connectivity index (χ2n) is 5.86. The van der Waals surface area contributed by atoms with Crippen molar-refractivity contribution in [3.05, 3.63) is 48.8 Å². The van der Waals surface area contributed by atoms with Gasteiger partial charge in [0.05, 0.1) is 29.0 Å². The largest absolute Gasteiger partial charge is 0.340 e. The molecular weight excluding hydrogens is 348 g/mol. The number of benzene rings is 1. The summed E-state index contributed by atoms with van der Waals surface area (Å²) < 4.78 is 5.97. The van der Waals surface area contributed by atoms with E-state index in [1.54, 1.807) is 6.20 Å². The Morgan fingerprint density at radius 2 is 2.08 bits per heavy atom. The van der Waals surface area contributed by atoms with E-state index in [0.29, 0.717) is 5.75 Å². The van der Waals surface area contributed by atoms with Gasteiger partial charge in [-0.15, -0.1) is 0 Å². The molecule has 8 heteroatoms. The van der Waals surface area contributed by atoms with Crippen molar-refractivity contribution in [2.45, 2.75) is 18.6 Å². The summed E-state index contributed by atoms with van der Waals surface area (Å²) in [5.74, 6) is 0.258. The zero-order valence-corrected chi connectivity index (χ0v) is 15.4. The Hall–Kier alpha value is -2.87. The number of thioether (sulfide) groups is 1. The highest BCUT2D eigenvalue weighted by Gasteiger charge is 2.26. The number of carbonyl (C=O) groups is 1. The molecule has 26 heavy (non-hydrogen) atoms. The van der Waals surface area contributed by atoms with Crippen molar-refractivity contribution in [1.82, 2.24) is 19.4 Å². The third-order valence-electron chi connectivity index (χ3n) is 4.24. The van der Waals surface area contributed by atoms with Gasteiger partial charge in [-0.1, -0.05) is 18.2 Å². The summed E-state index contributed by atoms with van der Waals surface area (Å²) in [6, 6.07) is 11.5. The molecule has 0 fully saturated rings. The number of pyridine rings is 1. The highest BCUT2D eigenvalue weighted by molar-refractivity contribution is 7.99. The monoisotopic (exact) mass is 367 g/mol. The van der Waals surface area contributed by atoms with E-state index in [0.717, 1.165) is 33.9 Å². The third-order valence-corrected chi connectivity index (χ3v) is 5.20. The normalized spacial score (nSPS) is 11.3. The van der Waals surface area contributed by atoms with E-state index < -0.39 is 0 Å². The van der Waals surface area contributed by atoms with Gasteiger partial charge in [-0.05, 0) is 36.9 Å². The second-order valence-corrected chi connectivity index (χ2v) is 6.80. The van der Waals surface area contributed by atoms with Crippen molar-refractivity contribution in [3.8, 4) is 0 Å². The van der Waals surface area contributed by atoms with Gasteiger partial charge in [-0.3, -0.25) is 9.78 Å². The van der Waals surface area contributed by atoms with Crippen LogP contribution >= 0.6 is 11.8 Å². The molecule has 0 spiro atoms. The number of hydrogen-bond acceptors (Lipinski definition) is 4. The van der Waals surface area contributed by atoms with Crippen LogP contribution in [0, 0.1) is 0 Å². The molecule has 0 saturated carbocycles. The van der Waals surface area contributed by atoms with Crippen molar-refractivity contribution in [3.63, 3.8) is 0 Å². The minimum absolute atomic E-state index is 0.0463. The van der Waals surface area contributed by atoms with Crippen LogP contribution < -0.4 is 9.88 Å². The molecule has 0 radical (unpaired) electrons. The summed E-state index contributed by atoms with van der Waals surface area (Å²) >= 11 is 1.44. The number of amides is 1. The standard InChI is InChI=1S/C18H18N6OS/c1-3-23-17-14-9-10-19-11-15(14)22(2)24(17)21-18(23)26-12-16(25)20-13-7-5-4-6-8-13/h4-11H,3,12H2,1-2H3/p+1. The van der Waals surface area contributed by atoms with E-state index in [-0.39, 0.29) is 5.91 Å². The number of nitrogens with zero attached hydrogens (tertiary/aromatic N) is 5. The Morgan fingerprint density at radius 1 is 1.27 bits per heavy atom. The van der Waals surface area contributed by atoms with E-state index in [4.69, 9.17) is 5.10 Å². The van der Waals surface area contributed by atoms with Gasteiger partial charge in [0.15, 0.2) is 0 Å². The Labute approximate surface area is 154 Å². The predicted octanol–water partition coefficient (Wildman–Crippen LogP) is 2.26. The van der Waals surface area contributed by atoms with Gasteiger partial charge in [0, 0.05) is 23.6 Å². The first-order valence-corrected chi connectivity index (χ1v) is 9.36. The molecule has 1 amide bonds. The topological polar surface area (TPSA) is 68.1 Å². The number of carbonyl (C=O) groups excluding carboxylic acids is 1. The maximum absolute atomic E-state index is 12.2. The van der Waals surface area contributed by atoms with Crippen LogP contribution in [0.25, 0.3) is 16.6 Å². The van der Waals surface area contributed by atoms with E-state index in [1.807, 2.05) is 59.0 Å². The SMILES string of the molecule is CC[n+]1c(SCC(=O)Nc2ccccc2)nn2c1c1ccncc1n2C. The number of rotatable bonds is 5. The molecule has 3 aromatic heterocycles. The maximum Gasteiger partial charge on any atom is 0.340 e. The van der Waals surface area contributed by atoms with Gasteiger partial charge in [0.25, 0.3) is 5.65 Å². The zero-order valence-electron chi connectivity index (χ0n) is 14.6.